The number of benzene rings is 2. The van der Waals surface area contributed by atoms with Gasteiger partial charge in [-0.2, -0.15) is 0 Å². The largest absolute Gasteiger partial charge is 0.497 e. The summed E-state index contributed by atoms with van der Waals surface area (Å²) < 4.78 is 38.2. The highest BCUT2D eigenvalue weighted by Crippen LogP contribution is 2.29. The lowest BCUT2D eigenvalue weighted by Gasteiger charge is -2.13. The molecule has 0 aliphatic carbocycles. The lowest BCUT2D eigenvalue weighted by atomic mass is 10.2. The summed E-state index contributed by atoms with van der Waals surface area (Å²) in [6.45, 7) is 3.02. The minimum Gasteiger partial charge on any atom is -0.497 e. The molecule has 0 aliphatic heterocycles. The Morgan fingerprint density at radius 3 is 2.24 bits per heavy atom. The van der Waals surface area contributed by atoms with E-state index in [0.29, 0.717) is 11.4 Å². The second-order valence-corrected chi connectivity index (χ2v) is 7.13. The zero-order chi connectivity index (χ0) is 18.3. The van der Waals surface area contributed by atoms with Crippen molar-refractivity contribution in [3.05, 3.63) is 42.5 Å². The molecule has 0 saturated carbocycles. The van der Waals surface area contributed by atoms with Gasteiger partial charge < -0.3 is 14.8 Å². The van der Waals surface area contributed by atoms with E-state index in [4.69, 9.17) is 9.47 Å². The number of methoxy groups -OCH3 is 2. The standard InChI is InChI=1S/C18H24N2O4S/c1-4-5-12-19-14-6-8-15(9-7-14)20-25(21,22)18-13-16(23-2)10-11-17(18)24-3/h6-11,13,19-20H,4-5,12H2,1-3H3. The molecule has 2 N–H and O–H groups in total. The molecule has 0 saturated heterocycles. The Hall–Kier alpha value is -2.41. The highest BCUT2D eigenvalue weighted by atomic mass is 32.2. The van der Waals surface area contributed by atoms with Crippen molar-refractivity contribution in [3.8, 4) is 11.5 Å². The molecular formula is C18H24N2O4S. The van der Waals surface area contributed by atoms with Crippen LogP contribution in [0.3, 0.4) is 0 Å². The third kappa shape index (κ3) is 5.03. The number of anilines is 2. The van der Waals surface area contributed by atoms with Crippen molar-refractivity contribution in [2.24, 2.45) is 0 Å². The average Bonchev–Trinajstić information content (AvgIpc) is 2.62. The molecular weight excluding hydrogens is 340 g/mol. The lowest BCUT2D eigenvalue weighted by Crippen LogP contribution is -2.14. The first-order chi connectivity index (χ1) is 12.0. The predicted molar refractivity (Wildman–Crippen MR) is 100 cm³/mol. The number of unbranched alkanes of at least 4 members (excludes halogenated alkanes) is 1. The fraction of sp³-hybridized carbons (Fsp3) is 0.333. The summed E-state index contributed by atoms with van der Waals surface area (Å²) in [5, 5.41) is 3.29. The van der Waals surface area contributed by atoms with Crippen LogP contribution in [-0.2, 0) is 10.0 Å². The molecule has 2 aromatic rings. The molecule has 0 amide bonds. The van der Waals surface area contributed by atoms with Gasteiger partial charge in [-0.15, -0.1) is 0 Å². The minimum absolute atomic E-state index is 0.0273. The molecule has 6 nitrogen and oxygen atoms in total. The third-order valence-electron chi connectivity index (χ3n) is 3.66. The molecule has 7 heteroatoms. The molecule has 136 valence electrons. The highest BCUT2D eigenvalue weighted by Gasteiger charge is 2.20. The summed E-state index contributed by atoms with van der Waals surface area (Å²) >= 11 is 0. The van der Waals surface area contributed by atoms with Crippen LogP contribution in [0.25, 0.3) is 0 Å². The van der Waals surface area contributed by atoms with Crippen LogP contribution in [0.1, 0.15) is 19.8 Å². The van der Waals surface area contributed by atoms with Gasteiger partial charge in [-0.1, -0.05) is 13.3 Å². The summed E-state index contributed by atoms with van der Waals surface area (Å²) in [5.74, 6) is 0.697. The molecule has 0 atom stereocenters. The zero-order valence-corrected chi connectivity index (χ0v) is 15.5. The molecule has 2 rings (SSSR count). The van der Waals surface area contributed by atoms with Gasteiger partial charge >= 0.3 is 0 Å². The maximum atomic E-state index is 12.7. The highest BCUT2D eigenvalue weighted by molar-refractivity contribution is 7.92. The molecule has 0 aromatic heterocycles. The predicted octanol–water partition coefficient (Wildman–Crippen LogP) is 3.72. The van der Waals surface area contributed by atoms with E-state index in [1.165, 1.54) is 20.3 Å². The Balaban J connectivity index is 2.18. The Morgan fingerprint density at radius 2 is 1.64 bits per heavy atom. The maximum absolute atomic E-state index is 12.7. The molecule has 25 heavy (non-hydrogen) atoms. The van der Waals surface area contributed by atoms with Gasteiger partial charge in [0, 0.05) is 24.0 Å². The lowest BCUT2D eigenvalue weighted by molar-refractivity contribution is 0.392. The van der Waals surface area contributed by atoms with Gasteiger partial charge in [-0.3, -0.25) is 4.72 Å². The quantitative estimate of drug-likeness (QED) is 0.663. The first-order valence-corrected chi connectivity index (χ1v) is 9.57. The van der Waals surface area contributed by atoms with Crippen LogP contribution in [0.4, 0.5) is 11.4 Å². The van der Waals surface area contributed by atoms with Gasteiger partial charge in [-0.25, -0.2) is 8.42 Å². The average molecular weight is 364 g/mol. The van der Waals surface area contributed by atoms with E-state index in [-0.39, 0.29) is 10.6 Å². The number of hydrogen-bond donors (Lipinski definition) is 2. The van der Waals surface area contributed by atoms with Crippen LogP contribution in [-0.4, -0.2) is 29.2 Å². The summed E-state index contributed by atoms with van der Waals surface area (Å²) in [6, 6.07) is 11.8. The monoisotopic (exact) mass is 364 g/mol. The van der Waals surface area contributed by atoms with E-state index in [2.05, 4.69) is 17.0 Å². The van der Waals surface area contributed by atoms with E-state index in [1.807, 2.05) is 12.1 Å². The van der Waals surface area contributed by atoms with Crippen molar-refractivity contribution in [3.63, 3.8) is 0 Å². The van der Waals surface area contributed by atoms with E-state index in [9.17, 15) is 8.42 Å². The second-order valence-electron chi connectivity index (χ2n) is 5.48. The first-order valence-electron chi connectivity index (χ1n) is 8.09. The van der Waals surface area contributed by atoms with Gasteiger partial charge in [-0.05, 0) is 42.8 Å². The molecule has 0 bridgehead atoms. The molecule has 0 spiro atoms. The summed E-state index contributed by atoms with van der Waals surface area (Å²) in [5.41, 5.74) is 1.43. The van der Waals surface area contributed by atoms with Crippen LogP contribution >= 0.6 is 0 Å². The summed E-state index contributed by atoms with van der Waals surface area (Å²) in [4.78, 5) is 0.0273. The SMILES string of the molecule is CCCCNc1ccc(NS(=O)(=O)c2cc(OC)ccc2OC)cc1. The van der Waals surface area contributed by atoms with Crippen LogP contribution in [0.2, 0.25) is 0 Å². The number of hydrogen-bond acceptors (Lipinski definition) is 5. The smallest absolute Gasteiger partial charge is 0.265 e. The van der Waals surface area contributed by atoms with Gasteiger partial charge in [0.25, 0.3) is 10.0 Å². The van der Waals surface area contributed by atoms with Crippen molar-refractivity contribution in [1.29, 1.82) is 0 Å². The van der Waals surface area contributed by atoms with Crippen LogP contribution < -0.4 is 19.5 Å². The summed E-state index contributed by atoms with van der Waals surface area (Å²) in [7, 11) is -0.888. The van der Waals surface area contributed by atoms with E-state index in [1.54, 1.807) is 24.3 Å². The van der Waals surface area contributed by atoms with Crippen LogP contribution in [0, 0.1) is 0 Å². The molecule has 0 fully saturated rings. The molecule has 0 heterocycles. The molecule has 0 radical (unpaired) electrons. The van der Waals surface area contributed by atoms with Crippen molar-refractivity contribution in [2.75, 3.05) is 30.8 Å². The topological polar surface area (TPSA) is 76.7 Å². The normalized spacial score (nSPS) is 11.0. The Bertz CT molecular complexity index is 789. The Kier molecular flexibility index (Phi) is 6.52. The third-order valence-corrected chi connectivity index (χ3v) is 5.06. The van der Waals surface area contributed by atoms with E-state index in [0.717, 1.165) is 25.1 Å². The van der Waals surface area contributed by atoms with E-state index >= 15 is 0 Å². The molecule has 0 aliphatic rings. The van der Waals surface area contributed by atoms with Crippen LogP contribution in [0.15, 0.2) is 47.4 Å². The van der Waals surface area contributed by atoms with Gasteiger partial charge in [0.05, 0.1) is 14.2 Å². The van der Waals surface area contributed by atoms with Crippen molar-refractivity contribution < 1.29 is 17.9 Å². The molecule has 0 unspecified atom stereocenters. The zero-order valence-electron chi connectivity index (χ0n) is 14.7. The van der Waals surface area contributed by atoms with Crippen molar-refractivity contribution >= 4 is 21.4 Å². The van der Waals surface area contributed by atoms with Crippen LogP contribution in [0.5, 0.6) is 11.5 Å². The Morgan fingerprint density at radius 1 is 0.960 bits per heavy atom. The molecule has 2 aromatic carbocycles. The van der Waals surface area contributed by atoms with Gasteiger partial charge in [0.2, 0.25) is 0 Å². The Labute approximate surface area is 149 Å². The van der Waals surface area contributed by atoms with Gasteiger partial charge in [0.1, 0.15) is 16.4 Å². The summed E-state index contributed by atoms with van der Waals surface area (Å²) in [6.07, 6.45) is 2.21. The second kappa shape index (κ2) is 8.62. The fourth-order valence-electron chi connectivity index (χ4n) is 2.27. The van der Waals surface area contributed by atoms with Gasteiger partial charge in [0.15, 0.2) is 0 Å². The number of sulfonamides is 1. The minimum atomic E-state index is -3.80. The first kappa shape index (κ1) is 18.9. The van der Waals surface area contributed by atoms with Crippen molar-refractivity contribution in [1.82, 2.24) is 0 Å². The number of ether oxygens (including phenoxy) is 2. The van der Waals surface area contributed by atoms with Crippen molar-refractivity contribution in [2.45, 2.75) is 24.7 Å². The maximum Gasteiger partial charge on any atom is 0.265 e. The fourth-order valence-corrected chi connectivity index (χ4v) is 3.51. The van der Waals surface area contributed by atoms with E-state index < -0.39 is 10.0 Å². The number of rotatable bonds is 9. The number of nitrogens with one attached hydrogen (secondary N) is 2.